The lowest BCUT2D eigenvalue weighted by atomic mass is 10.2. The summed E-state index contributed by atoms with van der Waals surface area (Å²) >= 11 is 0. The van der Waals surface area contributed by atoms with Crippen LogP contribution in [0.25, 0.3) is 0 Å². The number of amides is 2. The summed E-state index contributed by atoms with van der Waals surface area (Å²) in [6.07, 6.45) is 1.40. The van der Waals surface area contributed by atoms with Gasteiger partial charge in [0.05, 0.1) is 11.1 Å². The summed E-state index contributed by atoms with van der Waals surface area (Å²) in [5, 5.41) is 17.0. The van der Waals surface area contributed by atoms with E-state index in [1.165, 1.54) is 18.3 Å². The summed E-state index contributed by atoms with van der Waals surface area (Å²) < 4.78 is 0. The molecule has 0 aliphatic carbocycles. The number of nitro benzene ring substituents is 1. The minimum Gasteiger partial charge on any atom is -0.306 e. The maximum absolute atomic E-state index is 11.7. The molecule has 2 amide bonds. The Morgan fingerprint density at radius 3 is 2.50 bits per heavy atom. The van der Waals surface area contributed by atoms with Gasteiger partial charge in [-0.15, -0.1) is 0 Å². The van der Waals surface area contributed by atoms with Gasteiger partial charge in [-0.2, -0.15) is 5.10 Å². The lowest BCUT2D eigenvalue weighted by molar-refractivity contribution is -0.384. The number of carbonyl (C=O) groups excluding carboxylic acids is 1. The molecule has 0 radical (unpaired) electrons. The highest BCUT2D eigenvalue weighted by Gasteiger charge is 2.03. The Labute approximate surface area is 126 Å². The van der Waals surface area contributed by atoms with Crippen LogP contribution in [0.5, 0.6) is 0 Å². The van der Waals surface area contributed by atoms with Gasteiger partial charge in [0, 0.05) is 17.8 Å². The zero-order valence-corrected chi connectivity index (χ0v) is 11.8. The topological polar surface area (TPSA) is 96.6 Å². The Hall–Kier alpha value is -3.22. The van der Waals surface area contributed by atoms with E-state index in [2.05, 4.69) is 15.8 Å². The molecule has 0 bridgehead atoms. The van der Waals surface area contributed by atoms with Gasteiger partial charge in [0.25, 0.3) is 5.69 Å². The zero-order valence-electron chi connectivity index (χ0n) is 11.8. The summed E-state index contributed by atoms with van der Waals surface area (Å²) in [4.78, 5) is 21.7. The van der Waals surface area contributed by atoms with Crippen LogP contribution in [-0.4, -0.2) is 17.2 Å². The van der Waals surface area contributed by atoms with Gasteiger partial charge in [-0.3, -0.25) is 10.1 Å². The lowest BCUT2D eigenvalue weighted by Crippen LogP contribution is -2.24. The number of rotatable bonds is 4. The van der Waals surface area contributed by atoms with Gasteiger partial charge in [0.1, 0.15) is 0 Å². The van der Waals surface area contributed by atoms with E-state index in [4.69, 9.17) is 0 Å². The molecule has 0 saturated carbocycles. The molecule has 2 N–H and O–H groups in total. The number of hydrogen-bond acceptors (Lipinski definition) is 4. The van der Waals surface area contributed by atoms with Crippen molar-refractivity contribution in [1.29, 1.82) is 0 Å². The largest absolute Gasteiger partial charge is 0.339 e. The van der Waals surface area contributed by atoms with Crippen LogP contribution in [0.1, 0.15) is 11.1 Å². The normalized spacial score (nSPS) is 10.4. The molecule has 0 saturated heterocycles. The molecule has 0 aliphatic heterocycles. The van der Waals surface area contributed by atoms with Crippen LogP contribution >= 0.6 is 0 Å². The summed E-state index contributed by atoms with van der Waals surface area (Å²) in [5.74, 6) is 0. The van der Waals surface area contributed by atoms with E-state index in [-0.39, 0.29) is 5.69 Å². The molecule has 0 aliphatic rings. The fraction of sp³-hybridized carbons (Fsp3) is 0.0667. The van der Waals surface area contributed by atoms with Crippen molar-refractivity contribution in [1.82, 2.24) is 5.43 Å². The van der Waals surface area contributed by atoms with E-state index in [1.807, 2.05) is 25.1 Å². The van der Waals surface area contributed by atoms with E-state index in [1.54, 1.807) is 18.2 Å². The number of non-ortho nitro benzene ring substituents is 1. The Balaban J connectivity index is 1.90. The molecule has 7 nitrogen and oxygen atoms in total. The van der Waals surface area contributed by atoms with E-state index in [9.17, 15) is 14.9 Å². The summed E-state index contributed by atoms with van der Waals surface area (Å²) in [5.41, 5.74) is 4.61. The first-order valence-corrected chi connectivity index (χ1v) is 6.46. The maximum atomic E-state index is 11.7. The van der Waals surface area contributed by atoms with Crippen molar-refractivity contribution in [3.63, 3.8) is 0 Å². The Bertz CT molecular complexity index is 711. The minimum absolute atomic E-state index is 0.00223. The summed E-state index contributed by atoms with van der Waals surface area (Å²) in [6.45, 7) is 1.88. The number of hydrogen-bond donors (Lipinski definition) is 2. The number of nitrogens with one attached hydrogen (secondary N) is 2. The van der Waals surface area contributed by atoms with Crippen LogP contribution in [0.15, 0.2) is 53.6 Å². The van der Waals surface area contributed by atoms with Crippen molar-refractivity contribution in [2.45, 2.75) is 6.92 Å². The van der Waals surface area contributed by atoms with E-state index in [0.29, 0.717) is 11.3 Å². The van der Waals surface area contributed by atoms with E-state index < -0.39 is 11.0 Å². The van der Waals surface area contributed by atoms with Gasteiger partial charge >= 0.3 is 6.03 Å². The number of hydrazone groups is 1. The van der Waals surface area contributed by atoms with Crippen LogP contribution in [0.2, 0.25) is 0 Å². The molecule has 112 valence electrons. The highest BCUT2D eigenvalue weighted by Crippen LogP contribution is 2.12. The Morgan fingerprint density at radius 1 is 1.18 bits per heavy atom. The monoisotopic (exact) mass is 298 g/mol. The third-order valence-electron chi connectivity index (χ3n) is 2.88. The molecule has 0 spiro atoms. The number of nitro groups is 1. The average molecular weight is 298 g/mol. The van der Waals surface area contributed by atoms with Gasteiger partial charge in [-0.25, -0.2) is 10.2 Å². The number of aryl methyl sites for hydroxylation is 1. The molecule has 7 heteroatoms. The fourth-order valence-electron chi connectivity index (χ4n) is 1.71. The van der Waals surface area contributed by atoms with Crippen molar-refractivity contribution in [2.75, 3.05) is 5.32 Å². The maximum Gasteiger partial charge on any atom is 0.339 e. The molecule has 0 atom stereocenters. The van der Waals surface area contributed by atoms with E-state index >= 15 is 0 Å². The third-order valence-corrected chi connectivity index (χ3v) is 2.88. The van der Waals surface area contributed by atoms with Crippen molar-refractivity contribution < 1.29 is 9.72 Å². The van der Waals surface area contributed by atoms with Crippen molar-refractivity contribution >= 4 is 23.6 Å². The van der Waals surface area contributed by atoms with Crippen molar-refractivity contribution in [2.24, 2.45) is 5.10 Å². The standard InChI is InChI=1S/C15H14N4O3/c1-11-4-2-3-5-14(11)17-15(20)18-16-10-12-6-8-13(9-7-12)19(21)22/h2-10H,1H3,(H2,17,18,20). The van der Waals surface area contributed by atoms with Crippen LogP contribution in [0.4, 0.5) is 16.2 Å². The molecule has 0 unspecified atom stereocenters. The SMILES string of the molecule is Cc1ccccc1NC(=O)NN=Cc1ccc([N+](=O)[O-])cc1. The second-order valence-electron chi connectivity index (χ2n) is 4.49. The van der Waals surface area contributed by atoms with Crippen LogP contribution in [0.3, 0.4) is 0 Å². The highest BCUT2D eigenvalue weighted by atomic mass is 16.6. The molecule has 0 fully saturated rings. The van der Waals surface area contributed by atoms with Gasteiger partial charge in [0.15, 0.2) is 0 Å². The number of anilines is 1. The smallest absolute Gasteiger partial charge is 0.306 e. The molecular weight excluding hydrogens is 284 g/mol. The zero-order chi connectivity index (χ0) is 15.9. The van der Waals surface area contributed by atoms with Crippen molar-refractivity contribution in [3.8, 4) is 0 Å². The molecule has 22 heavy (non-hydrogen) atoms. The quantitative estimate of drug-likeness (QED) is 0.515. The van der Waals surface area contributed by atoms with Crippen LogP contribution in [-0.2, 0) is 0 Å². The third kappa shape index (κ3) is 4.14. The number of urea groups is 1. The predicted molar refractivity (Wildman–Crippen MR) is 84.0 cm³/mol. The summed E-state index contributed by atoms with van der Waals surface area (Å²) in [6, 6.07) is 12.7. The number of para-hydroxylation sites is 1. The first kappa shape index (κ1) is 15.2. The van der Waals surface area contributed by atoms with Gasteiger partial charge in [-0.05, 0) is 36.2 Å². The second kappa shape index (κ2) is 6.98. The summed E-state index contributed by atoms with van der Waals surface area (Å²) in [7, 11) is 0. The Kier molecular flexibility index (Phi) is 4.81. The number of carbonyl (C=O) groups is 1. The minimum atomic E-state index is -0.477. The van der Waals surface area contributed by atoms with Crippen molar-refractivity contribution in [3.05, 3.63) is 69.8 Å². The molecule has 2 rings (SSSR count). The second-order valence-corrected chi connectivity index (χ2v) is 4.49. The molecule has 2 aromatic rings. The lowest BCUT2D eigenvalue weighted by Gasteiger charge is -2.06. The molecular formula is C15H14N4O3. The molecule has 2 aromatic carbocycles. The number of benzene rings is 2. The average Bonchev–Trinajstić information content (AvgIpc) is 2.50. The number of nitrogens with zero attached hydrogens (tertiary/aromatic N) is 2. The highest BCUT2D eigenvalue weighted by molar-refractivity contribution is 5.91. The fourth-order valence-corrected chi connectivity index (χ4v) is 1.71. The molecule has 0 aromatic heterocycles. The first-order chi connectivity index (χ1) is 10.6. The predicted octanol–water partition coefficient (Wildman–Crippen LogP) is 3.06. The van der Waals surface area contributed by atoms with Crippen LogP contribution < -0.4 is 10.7 Å². The first-order valence-electron chi connectivity index (χ1n) is 6.46. The van der Waals surface area contributed by atoms with Crippen LogP contribution in [0, 0.1) is 17.0 Å². The van der Waals surface area contributed by atoms with Gasteiger partial charge in [0.2, 0.25) is 0 Å². The van der Waals surface area contributed by atoms with Gasteiger partial charge in [-0.1, -0.05) is 18.2 Å². The Morgan fingerprint density at radius 2 is 1.86 bits per heavy atom. The van der Waals surface area contributed by atoms with Gasteiger partial charge < -0.3 is 5.32 Å². The van der Waals surface area contributed by atoms with E-state index in [0.717, 1.165) is 5.56 Å². The molecule has 0 heterocycles.